The Labute approximate surface area is 129 Å². The average Bonchev–Trinajstić information content (AvgIpc) is 2.52. The number of rotatable bonds is 5. The van der Waals surface area contributed by atoms with Crippen molar-refractivity contribution < 1.29 is 14.5 Å². The molecule has 1 aromatic carbocycles. The lowest BCUT2D eigenvalue weighted by Crippen LogP contribution is -2.41. The minimum absolute atomic E-state index is 0.0643. The molecule has 120 valence electrons. The molecule has 1 saturated heterocycles. The zero-order valence-electron chi connectivity index (χ0n) is 12.7. The van der Waals surface area contributed by atoms with Gasteiger partial charge >= 0.3 is 0 Å². The smallest absolute Gasteiger partial charge is 0.292 e. The highest BCUT2D eigenvalue weighted by molar-refractivity contribution is 5.95. The summed E-state index contributed by atoms with van der Waals surface area (Å²) in [6.07, 6.45) is 1.95. The fraction of sp³-hybridized carbons (Fsp3) is 0.533. The minimum atomic E-state index is -0.569. The number of likely N-dealkylation sites (tertiary alicyclic amines) is 1. The second-order valence-corrected chi connectivity index (χ2v) is 5.45. The Hall–Kier alpha value is -2.15. The number of piperidine rings is 1. The van der Waals surface area contributed by atoms with Crippen molar-refractivity contribution in [1.82, 2.24) is 4.90 Å². The summed E-state index contributed by atoms with van der Waals surface area (Å²) in [4.78, 5) is 24.6. The number of benzene rings is 1. The molecule has 2 rings (SSSR count). The van der Waals surface area contributed by atoms with E-state index >= 15 is 0 Å². The first-order valence-corrected chi connectivity index (χ1v) is 7.43. The molecule has 22 heavy (non-hydrogen) atoms. The van der Waals surface area contributed by atoms with Gasteiger partial charge in [0.2, 0.25) is 0 Å². The standard InChI is InChI=1S/C15H21N3O4/c1-2-22-10-11-4-3-7-17(9-11)15(19)12-5-6-13(16)14(8-12)18(20)21/h5-6,8,11H,2-4,7,9-10,16H2,1H3. The predicted molar refractivity (Wildman–Crippen MR) is 82.6 cm³/mol. The van der Waals surface area contributed by atoms with Gasteiger partial charge in [0.05, 0.1) is 11.5 Å². The maximum Gasteiger partial charge on any atom is 0.292 e. The number of hydrogen-bond acceptors (Lipinski definition) is 5. The van der Waals surface area contributed by atoms with E-state index in [0.29, 0.717) is 37.8 Å². The summed E-state index contributed by atoms with van der Waals surface area (Å²) in [7, 11) is 0. The van der Waals surface area contributed by atoms with Gasteiger partial charge in [-0.05, 0) is 37.8 Å². The molecule has 1 aliphatic rings. The van der Waals surface area contributed by atoms with Gasteiger partial charge in [0, 0.05) is 31.3 Å². The Bertz CT molecular complexity index is 562. The number of nitrogens with two attached hydrogens (primary N) is 1. The fourth-order valence-corrected chi connectivity index (χ4v) is 2.69. The van der Waals surface area contributed by atoms with Crippen molar-refractivity contribution >= 4 is 17.3 Å². The first-order valence-electron chi connectivity index (χ1n) is 7.43. The third-order valence-electron chi connectivity index (χ3n) is 3.84. The Morgan fingerprint density at radius 2 is 2.32 bits per heavy atom. The molecule has 0 aromatic heterocycles. The van der Waals surface area contributed by atoms with Crippen LogP contribution in [0, 0.1) is 16.0 Å². The number of carbonyl (C=O) groups excluding carboxylic acids is 1. The highest BCUT2D eigenvalue weighted by Crippen LogP contribution is 2.25. The third-order valence-corrected chi connectivity index (χ3v) is 3.84. The van der Waals surface area contributed by atoms with E-state index in [9.17, 15) is 14.9 Å². The molecule has 1 atom stereocenters. The summed E-state index contributed by atoms with van der Waals surface area (Å²) >= 11 is 0. The van der Waals surface area contributed by atoms with Gasteiger partial charge in [0.25, 0.3) is 11.6 Å². The van der Waals surface area contributed by atoms with Gasteiger partial charge in [-0.15, -0.1) is 0 Å². The van der Waals surface area contributed by atoms with Crippen LogP contribution in [-0.4, -0.2) is 42.0 Å². The second-order valence-electron chi connectivity index (χ2n) is 5.45. The van der Waals surface area contributed by atoms with Gasteiger partial charge in [0.1, 0.15) is 5.69 Å². The lowest BCUT2D eigenvalue weighted by molar-refractivity contribution is -0.383. The van der Waals surface area contributed by atoms with E-state index in [1.807, 2.05) is 6.92 Å². The van der Waals surface area contributed by atoms with E-state index in [1.54, 1.807) is 4.90 Å². The summed E-state index contributed by atoms with van der Waals surface area (Å²) in [6.45, 7) is 4.53. The fourth-order valence-electron chi connectivity index (χ4n) is 2.69. The van der Waals surface area contributed by atoms with Crippen molar-refractivity contribution in [2.45, 2.75) is 19.8 Å². The summed E-state index contributed by atoms with van der Waals surface area (Å²) in [5, 5.41) is 10.9. The van der Waals surface area contributed by atoms with Gasteiger partial charge in [-0.25, -0.2) is 0 Å². The van der Waals surface area contributed by atoms with Crippen molar-refractivity contribution in [1.29, 1.82) is 0 Å². The molecule has 0 aliphatic carbocycles. The van der Waals surface area contributed by atoms with Gasteiger partial charge < -0.3 is 15.4 Å². The van der Waals surface area contributed by atoms with Gasteiger partial charge in [-0.1, -0.05) is 0 Å². The maximum atomic E-state index is 12.5. The lowest BCUT2D eigenvalue weighted by Gasteiger charge is -2.32. The van der Waals surface area contributed by atoms with E-state index in [0.717, 1.165) is 12.8 Å². The number of anilines is 1. The van der Waals surface area contributed by atoms with E-state index in [1.165, 1.54) is 18.2 Å². The number of nitrogen functional groups attached to an aromatic ring is 1. The van der Waals surface area contributed by atoms with Crippen molar-refractivity contribution in [3.8, 4) is 0 Å². The zero-order chi connectivity index (χ0) is 16.1. The number of ether oxygens (including phenoxy) is 1. The van der Waals surface area contributed by atoms with Crippen molar-refractivity contribution in [2.24, 2.45) is 5.92 Å². The quantitative estimate of drug-likeness (QED) is 0.510. The number of carbonyl (C=O) groups is 1. The van der Waals surface area contributed by atoms with Gasteiger partial charge in [0.15, 0.2) is 0 Å². The van der Waals surface area contributed by atoms with Crippen molar-refractivity contribution in [2.75, 3.05) is 32.0 Å². The Morgan fingerprint density at radius 3 is 3.00 bits per heavy atom. The number of nitro benzene ring substituents is 1. The molecule has 1 unspecified atom stereocenters. The lowest BCUT2D eigenvalue weighted by atomic mass is 9.98. The molecule has 1 aliphatic heterocycles. The maximum absolute atomic E-state index is 12.5. The highest BCUT2D eigenvalue weighted by atomic mass is 16.6. The van der Waals surface area contributed by atoms with Crippen LogP contribution < -0.4 is 5.73 Å². The first kappa shape index (κ1) is 16.2. The number of amides is 1. The summed E-state index contributed by atoms with van der Waals surface area (Å²) in [6, 6.07) is 4.20. The van der Waals surface area contributed by atoms with Crippen LogP contribution in [0.3, 0.4) is 0 Å². The van der Waals surface area contributed by atoms with E-state index in [-0.39, 0.29) is 17.3 Å². The second kappa shape index (κ2) is 7.22. The normalized spacial score (nSPS) is 18.2. The van der Waals surface area contributed by atoms with Crippen LogP contribution in [0.25, 0.3) is 0 Å². The number of hydrogen-bond donors (Lipinski definition) is 1. The van der Waals surface area contributed by atoms with Crippen LogP contribution in [-0.2, 0) is 4.74 Å². The average molecular weight is 307 g/mol. The van der Waals surface area contributed by atoms with E-state index in [4.69, 9.17) is 10.5 Å². The number of nitro groups is 1. The topological polar surface area (TPSA) is 98.7 Å². The molecule has 7 nitrogen and oxygen atoms in total. The van der Waals surface area contributed by atoms with Crippen LogP contribution >= 0.6 is 0 Å². The van der Waals surface area contributed by atoms with Gasteiger partial charge in [-0.2, -0.15) is 0 Å². The van der Waals surface area contributed by atoms with Gasteiger partial charge in [-0.3, -0.25) is 14.9 Å². The monoisotopic (exact) mass is 307 g/mol. The molecular formula is C15H21N3O4. The largest absolute Gasteiger partial charge is 0.393 e. The van der Waals surface area contributed by atoms with Crippen LogP contribution in [0.1, 0.15) is 30.1 Å². The van der Waals surface area contributed by atoms with Crippen LogP contribution in [0.2, 0.25) is 0 Å². The molecular weight excluding hydrogens is 286 g/mol. The Kier molecular flexibility index (Phi) is 5.32. The van der Waals surface area contributed by atoms with Crippen LogP contribution in [0.5, 0.6) is 0 Å². The van der Waals surface area contributed by atoms with Crippen LogP contribution in [0.4, 0.5) is 11.4 Å². The van der Waals surface area contributed by atoms with E-state index < -0.39 is 4.92 Å². The van der Waals surface area contributed by atoms with E-state index in [2.05, 4.69) is 0 Å². The molecule has 1 amide bonds. The Balaban J connectivity index is 2.10. The van der Waals surface area contributed by atoms with Crippen molar-refractivity contribution in [3.63, 3.8) is 0 Å². The molecule has 1 heterocycles. The Morgan fingerprint density at radius 1 is 1.55 bits per heavy atom. The summed E-state index contributed by atoms with van der Waals surface area (Å²) in [5.41, 5.74) is 5.70. The molecule has 0 bridgehead atoms. The van der Waals surface area contributed by atoms with Crippen LogP contribution in [0.15, 0.2) is 18.2 Å². The van der Waals surface area contributed by atoms with Crippen molar-refractivity contribution in [3.05, 3.63) is 33.9 Å². The molecule has 7 heteroatoms. The summed E-state index contributed by atoms with van der Waals surface area (Å²) < 4.78 is 5.43. The molecule has 0 saturated carbocycles. The molecule has 0 spiro atoms. The summed E-state index contributed by atoms with van der Waals surface area (Å²) in [5.74, 6) is 0.130. The first-order chi connectivity index (χ1) is 10.5. The highest BCUT2D eigenvalue weighted by Gasteiger charge is 2.26. The predicted octanol–water partition coefficient (Wildman–Crippen LogP) is 2.07. The SMILES string of the molecule is CCOCC1CCCN(C(=O)c2ccc(N)c([N+](=O)[O-])c2)C1. The third kappa shape index (κ3) is 3.73. The molecule has 1 fully saturated rings. The molecule has 1 aromatic rings. The zero-order valence-corrected chi connectivity index (χ0v) is 12.7. The minimum Gasteiger partial charge on any atom is -0.393 e. The number of nitrogens with zero attached hydrogens (tertiary/aromatic N) is 2. The molecule has 2 N–H and O–H groups in total. The molecule has 0 radical (unpaired) electrons.